The minimum atomic E-state index is -3.99. The minimum absolute atomic E-state index is 0.328. The van der Waals surface area contributed by atoms with E-state index in [9.17, 15) is 13.2 Å². The van der Waals surface area contributed by atoms with Gasteiger partial charge in [0.1, 0.15) is 0 Å². The van der Waals surface area contributed by atoms with E-state index in [2.05, 4.69) is 12.2 Å². The molecule has 3 unspecified atom stereocenters. The maximum atomic E-state index is 12.7. The lowest BCUT2D eigenvalue weighted by Crippen LogP contribution is -2.44. The van der Waals surface area contributed by atoms with Gasteiger partial charge in [-0.3, -0.25) is 0 Å². The second-order valence-corrected chi connectivity index (χ2v) is 7.00. The lowest BCUT2D eigenvalue weighted by atomic mass is 9.70. The number of alkyl halides is 3. The van der Waals surface area contributed by atoms with E-state index in [4.69, 9.17) is 0 Å². The highest BCUT2D eigenvalue weighted by atomic mass is 19.4. The van der Waals surface area contributed by atoms with Gasteiger partial charge in [0, 0.05) is 6.04 Å². The first-order valence-corrected chi connectivity index (χ1v) is 8.15. The van der Waals surface area contributed by atoms with Crippen LogP contribution in [-0.4, -0.2) is 19.3 Å². The molecular weight excluding hydrogens is 263 g/mol. The van der Waals surface area contributed by atoms with Gasteiger partial charge in [-0.15, -0.1) is 0 Å². The maximum absolute atomic E-state index is 12.7. The van der Waals surface area contributed by atoms with Crippen molar-refractivity contribution in [3.05, 3.63) is 0 Å². The Morgan fingerprint density at radius 2 is 1.60 bits per heavy atom. The summed E-state index contributed by atoms with van der Waals surface area (Å²) in [6.07, 6.45) is 3.22. The molecule has 4 heteroatoms. The van der Waals surface area contributed by atoms with Crippen LogP contribution in [0.5, 0.6) is 0 Å². The molecule has 0 aliphatic heterocycles. The van der Waals surface area contributed by atoms with Gasteiger partial charge in [0.2, 0.25) is 0 Å². The monoisotopic (exact) mass is 291 g/mol. The highest BCUT2D eigenvalue weighted by molar-refractivity contribution is 4.89. The van der Waals surface area contributed by atoms with Crippen LogP contribution in [0.3, 0.4) is 0 Å². The number of halogens is 3. The molecule has 0 aromatic rings. The lowest BCUT2D eigenvalue weighted by molar-refractivity contribution is -0.184. The van der Waals surface area contributed by atoms with Crippen molar-refractivity contribution < 1.29 is 13.2 Å². The van der Waals surface area contributed by atoms with Crippen molar-refractivity contribution in [1.29, 1.82) is 0 Å². The summed E-state index contributed by atoms with van der Waals surface area (Å²) in [6.45, 7) is 2.30. The average Bonchev–Trinajstić information content (AvgIpc) is 2.39. The molecule has 2 rings (SSSR count). The van der Waals surface area contributed by atoms with Crippen molar-refractivity contribution in [2.24, 2.45) is 23.7 Å². The van der Waals surface area contributed by atoms with Crippen LogP contribution in [0.25, 0.3) is 0 Å². The van der Waals surface area contributed by atoms with Gasteiger partial charge in [-0.2, -0.15) is 13.2 Å². The molecule has 20 heavy (non-hydrogen) atoms. The SMILES string of the molecule is CNC(C1CCC(C(F)(F)F)CC1)C1CCCC(C)C1. The summed E-state index contributed by atoms with van der Waals surface area (Å²) in [6, 6.07) is 0.423. The third kappa shape index (κ3) is 3.90. The van der Waals surface area contributed by atoms with Gasteiger partial charge >= 0.3 is 6.18 Å². The molecule has 2 aliphatic rings. The average molecular weight is 291 g/mol. The Morgan fingerprint density at radius 1 is 0.950 bits per heavy atom. The predicted octanol–water partition coefficient (Wildman–Crippen LogP) is 4.77. The van der Waals surface area contributed by atoms with Crippen LogP contribution in [0, 0.1) is 23.7 Å². The number of rotatable bonds is 3. The van der Waals surface area contributed by atoms with Gasteiger partial charge in [0.25, 0.3) is 0 Å². The number of hydrogen-bond acceptors (Lipinski definition) is 1. The third-order valence-electron chi connectivity index (χ3n) is 5.56. The molecule has 0 bridgehead atoms. The summed E-state index contributed by atoms with van der Waals surface area (Å²) < 4.78 is 38.2. The van der Waals surface area contributed by atoms with Gasteiger partial charge < -0.3 is 5.32 Å². The van der Waals surface area contributed by atoms with E-state index in [-0.39, 0.29) is 0 Å². The van der Waals surface area contributed by atoms with Crippen LogP contribution in [0.2, 0.25) is 0 Å². The van der Waals surface area contributed by atoms with Gasteiger partial charge in [0.05, 0.1) is 5.92 Å². The normalized spacial score (nSPS) is 37.6. The Hall–Kier alpha value is -0.250. The van der Waals surface area contributed by atoms with Gasteiger partial charge in [-0.1, -0.05) is 19.8 Å². The van der Waals surface area contributed by atoms with Crippen molar-refractivity contribution in [2.75, 3.05) is 7.05 Å². The molecule has 0 spiro atoms. The second-order valence-electron chi connectivity index (χ2n) is 7.00. The molecular formula is C16H28F3N. The Labute approximate surface area is 120 Å². The van der Waals surface area contributed by atoms with Crippen molar-refractivity contribution >= 4 is 0 Å². The summed E-state index contributed by atoms with van der Waals surface area (Å²) in [4.78, 5) is 0. The Morgan fingerprint density at radius 3 is 2.10 bits per heavy atom. The van der Waals surface area contributed by atoms with Crippen LogP contribution in [-0.2, 0) is 0 Å². The fraction of sp³-hybridized carbons (Fsp3) is 1.00. The van der Waals surface area contributed by atoms with Crippen LogP contribution in [0.1, 0.15) is 58.3 Å². The molecule has 1 N–H and O–H groups in total. The molecule has 0 saturated heterocycles. The first kappa shape index (κ1) is 16.1. The number of nitrogens with one attached hydrogen (secondary N) is 1. The lowest BCUT2D eigenvalue weighted by Gasteiger charge is -2.40. The molecule has 2 saturated carbocycles. The highest BCUT2D eigenvalue weighted by Crippen LogP contribution is 2.43. The summed E-state index contributed by atoms with van der Waals surface area (Å²) in [5, 5.41) is 3.43. The summed E-state index contributed by atoms with van der Waals surface area (Å²) in [7, 11) is 1.99. The molecule has 1 nitrogen and oxygen atoms in total. The van der Waals surface area contributed by atoms with Crippen molar-refractivity contribution in [3.63, 3.8) is 0 Å². The zero-order valence-corrected chi connectivity index (χ0v) is 12.7. The Kier molecular flexibility index (Phi) is 5.38. The van der Waals surface area contributed by atoms with E-state index in [1.807, 2.05) is 7.05 Å². The van der Waals surface area contributed by atoms with Gasteiger partial charge in [0.15, 0.2) is 0 Å². The van der Waals surface area contributed by atoms with Crippen molar-refractivity contribution in [1.82, 2.24) is 5.32 Å². The minimum Gasteiger partial charge on any atom is -0.316 e. The van der Waals surface area contributed by atoms with Crippen LogP contribution < -0.4 is 5.32 Å². The quantitative estimate of drug-likeness (QED) is 0.790. The van der Waals surface area contributed by atoms with E-state index >= 15 is 0 Å². The molecule has 0 aromatic heterocycles. The van der Waals surface area contributed by atoms with Crippen molar-refractivity contribution in [2.45, 2.75) is 70.5 Å². The van der Waals surface area contributed by atoms with Gasteiger partial charge in [-0.25, -0.2) is 0 Å². The molecule has 0 radical (unpaired) electrons. The van der Waals surface area contributed by atoms with Crippen LogP contribution in [0.15, 0.2) is 0 Å². The molecule has 2 fully saturated rings. The third-order valence-corrected chi connectivity index (χ3v) is 5.56. The molecule has 2 aliphatic carbocycles. The topological polar surface area (TPSA) is 12.0 Å². The van der Waals surface area contributed by atoms with Crippen molar-refractivity contribution in [3.8, 4) is 0 Å². The van der Waals surface area contributed by atoms with Gasteiger partial charge in [-0.05, 0) is 63.3 Å². The molecule has 118 valence electrons. The zero-order chi connectivity index (χ0) is 14.8. The van der Waals surface area contributed by atoms with E-state index in [1.54, 1.807) is 0 Å². The van der Waals surface area contributed by atoms with E-state index in [0.717, 1.165) is 18.8 Å². The zero-order valence-electron chi connectivity index (χ0n) is 12.7. The summed E-state index contributed by atoms with van der Waals surface area (Å²) in [5.74, 6) is 0.822. The van der Waals surface area contributed by atoms with E-state index in [0.29, 0.717) is 30.7 Å². The fourth-order valence-corrected chi connectivity index (χ4v) is 4.47. The Balaban J connectivity index is 1.90. The van der Waals surface area contributed by atoms with E-state index < -0.39 is 12.1 Å². The van der Waals surface area contributed by atoms with E-state index in [1.165, 1.54) is 25.7 Å². The fourth-order valence-electron chi connectivity index (χ4n) is 4.47. The summed E-state index contributed by atoms with van der Waals surface area (Å²) >= 11 is 0. The molecule has 0 aromatic carbocycles. The smallest absolute Gasteiger partial charge is 0.316 e. The van der Waals surface area contributed by atoms with Crippen LogP contribution in [0.4, 0.5) is 13.2 Å². The first-order chi connectivity index (χ1) is 9.41. The largest absolute Gasteiger partial charge is 0.391 e. The molecule has 3 atom stereocenters. The molecule has 0 heterocycles. The summed E-state index contributed by atoms with van der Waals surface area (Å²) in [5.41, 5.74) is 0. The standard InChI is InChI=1S/C16H28F3N/c1-11-4-3-5-13(10-11)15(20-2)12-6-8-14(9-7-12)16(17,18)19/h11-15,20H,3-10H2,1-2H3. The van der Waals surface area contributed by atoms with Crippen LogP contribution >= 0.6 is 0 Å². The maximum Gasteiger partial charge on any atom is 0.391 e. The highest BCUT2D eigenvalue weighted by Gasteiger charge is 2.43. The molecule has 0 amide bonds. The Bertz CT molecular complexity index is 295. The second kappa shape index (κ2) is 6.67. The first-order valence-electron chi connectivity index (χ1n) is 8.15. The number of hydrogen-bond donors (Lipinski definition) is 1. The predicted molar refractivity (Wildman–Crippen MR) is 75.5 cm³/mol.